The number of thiophene rings is 1. The molecule has 2 aliphatic heterocycles. The molecule has 0 N–H and O–H groups in total. The molecule has 3 aromatic heterocycles. The molecule has 7 aromatic carbocycles. The lowest BCUT2D eigenvalue weighted by Crippen LogP contribution is -2.60. The largest absolute Gasteiger partial charge is 0.455 e. The Morgan fingerprint density at radius 3 is 2.09 bits per heavy atom. The van der Waals surface area contributed by atoms with E-state index in [4.69, 9.17) is 4.42 Å². The number of anilines is 2. The number of rotatable bonds is 1. The predicted octanol–water partition coefficient (Wildman–Crippen LogP) is 12.9. The lowest BCUT2D eigenvalue weighted by molar-refractivity contribution is 0.590. The molecule has 2 aliphatic rings. The highest BCUT2D eigenvalue weighted by atomic mass is 32.1. The van der Waals surface area contributed by atoms with Gasteiger partial charge in [-0.25, -0.2) is 0 Å². The van der Waals surface area contributed by atoms with Gasteiger partial charge in [-0.1, -0.05) is 114 Å². The van der Waals surface area contributed by atoms with Crippen molar-refractivity contribution in [3.05, 3.63) is 139 Å². The summed E-state index contributed by atoms with van der Waals surface area (Å²) in [7, 11) is 0. The van der Waals surface area contributed by atoms with E-state index >= 15 is 0 Å². The molecule has 0 radical (unpaired) electrons. The summed E-state index contributed by atoms with van der Waals surface area (Å²) in [6.45, 7) is 13.8. The van der Waals surface area contributed by atoms with E-state index in [1.165, 1.54) is 92.2 Å². The highest BCUT2D eigenvalue weighted by molar-refractivity contribution is 7.25. The van der Waals surface area contributed by atoms with Gasteiger partial charge in [-0.3, -0.25) is 0 Å². The molecule has 264 valence electrons. The van der Waals surface area contributed by atoms with E-state index in [9.17, 15) is 0 Å². The van der Waals surface area contributed by atoms with Gasteiger partial charge in [0.1, 0.15) is 11.2 Å². The van der Waals surface area contributed by atoms with E-state index in [2.05, 4.69) is 178 Å². The molecular weight excluding hydrogens is 687 g/mol. The summed E-state index contributed by atoms with van der Waals surface area (Å²) in [4.78, 5) is 2.67. The molecule has 0 bridgehead atoms. The number of benzene rings is 7. The molecule has 0 saturated heterocycles. The van der Waals surface area contributed by atoms with Gasteiger partial charge in [-0.2, -0.15) is 0 Å². The van der Waals surface area contributed by atoms with Crippen molar-refractivity contribution in [3.8, 4) is 16.8 Å². The first-order chi connectivity index (χ1) is 26.5. The number of hydrogen-bond donors (Lipinski definition) is 0. The summed E-state index contributed by atoms with van der Waals surface area (Å²) in [6.07, 6.45) is 0. The van der Waals surface area contributed by atoms with E-state index in [0.717, 1.165) is 21.9 Å². The Bertz CT molecular complexity index is 3290. The third kappa shape index (κ3) is 4.17. The molecular formula is C50H39BN2OS. The van der Waals surface area contributed by atoms with Gasteiger partial charge in [0, 0.05) is 59.0 Å². The van der Waals surface area contributed by atoms with Crippen molar-refractivity contribution in [1.29, 1.82) is 0 Å². The monoisotopic (exact) mass is 726 g/mol. The number of aromatic nitrogens is 1. The Kier molecular flexibility index (Phi) is 6.02. The average molecular weight is 727 g/mol. The number of fused-ring (bicyclic) bond motifs is 15. The molecule has 12 rings (SSSR count). The topological polar surface area (TPSA) is 21.3 Å². The second-order valence-electron chi connectivity index (χ2n) is 17.7. The van der Waals surface area contributed by atoms with Crippen molar-refractivity contribution < 1.29 is 4.42 Å². The maximum Gasteiger partial charge on any atom is 0.333 e. The standard InChI is InChI=1S/C50H39BN2OS/c1-49(2,3)28-15-18-30(19-16-28)53-41-26-37-32-12-8-10-14-43(32)55-44(37)27-36(41)33-20-21-35-45-40(24-22-34-31-11-7-9-13-42(31)54-48(34)45)52-39-23-17-29(50(4,5)6)25-38(39)51(53)46(33)47(35)52/h7-27H,1-6H3. The smallest absolute Gasteiger partial charge is 0.333 e. The van der Waals surface area contributed by atoms with Gasteiger partial charge in [-0.05, 0) is 93.0 Å². The third-order valence-corrected chi connectivity index (χ3v) is 13.6. The first-order valence-corrected chi connectivity index (χ1v) is 20.3. The van der Waals surface area contributed by atoms with E-state index in [1.54, 1.807) is 0 Å². The summed E-state index contributed by atoms with van der Waals surface area (Å²) in [5, 5.41) is 7.39. The van der Waals surface area contributed by atoms with Crippen LogP contribution in [0.15, 0.2) is 132 Å². The van der Waals surface area contributed by atoms with Crippen molar-refractivity contribution in [3.63, 3.8) is 0 Å². The van der Waals surface area contributed by atoms with Crippen molar-refractivity contribution in [1.82, 2.24) is 4.57 Å². The molecule has 0 amide bonds. The van der Waals surface area contributed by atoms with Crippen LogP contribution in [0.1, 0.15) is 52.7 Å². The zero-order valence-corrected chi connectivity index (χ0v) is 32.7. The Morgan fingerprint density at radius 2 is 1.29 bits per heavy atom. The maximum atomic E-state index is 6.78. The van der Waals surface area contributed by atoms with Crippen molar-refractivity contribution in [2.24, 2.45) is 0 Å². The summed E-state index contributed by atoms with van der Waals surface area (Å²) < 4.78 is 12.0. The zero-order valence-electron chi connectivity index (χ0n) is 31.9. The van der Waals surface area contributed by atoms with Crippen LogP contribution in [0, 0.1) is 0 Å². The third-order valence-electron chi connectivity index (χ3n) is 12.5. The van der Waals surface area contributed by atoms with E-state index < -0.39 is 0 Å². The highest BCUT2D eigenvalue weighted by Crippen LogP contribution is 2.50. The Labute approximate surface area is 324 Å². The van der Waals surface area contributed by atoms with E-state index in [-0.39, 0.29) is 17.7 Å². The van der Waals surface area contributed by atoms with E-state index in [0.29, 0.717) is 0 Å². The molecule has 10 aromatic rings. The first-order valence-electron chi connectivity index (χ1n) is 19.5. The molecule has 5 heterocycles. The second kappa shape index (κ2) is 10.5. The van der Waals surface area contributed by atoms with Gasteiger partial charge in [0.05, 0.1) is 16.4 Å². The van der Waals surface area contributed by atoms with Crippen LogP contribution in [-0.2, 0) is 10.8 Å². The van der Waals surface area contributed by atoms with Crippen molar-refractivity contribution >= 4 is 104 Å². The minimum absolute atomic E-state index is 0.0170. The van der Waals surface area contributed by atoms with Crippen LogP contribution in [0.2, 0.25) is 0 Å². The van der Waals surface area contributed by atoms with Crippen LogP contribution < -0.4 is 15.7 Å². The van der Waals surface area contributed by atoms with Gasteiger partial charge < -0.3 is 13.8 Å². The zero-order chi connectivity index (χ0) is 37.1. The fourth-order valence-electron chi connectivity index (χ4n) is 9.75. The van der Waals surface area contributed by atoms with E-state index in [1.807, 2.05) is 11.3 Å². The Hall–Kier alpha value is -5.78. The first kappa shape index (κ1) is 31.6. The Balaban J connectivity index is 1.26. The quantitative estimate of drug-likeness (QED) is 0.157. The fourth-order valence-corrected chi connectivity index (χ4v) is 10.9. The summed E-state index contributed by atoms with van der Waals surface area (Å²) in [6, 6.07) is 48.3. The fraction of sp³-hybridized carbons (Fsp3) is 0.160. The maximum absolute atomic E-state index is 6.78. The summed E-state index contributed by atoms with van der Waals surface area (Å²) >= 11 is 1.90. The van der Waals surface area contributed by atoms with Crippen LogP contribution in [0.25, 0.3) is 80.7 Å². The number of furan rings is 1. The van der Waals surface area contributed by atoms with Crippen LogP contribution in [0.3, 0.4) is 0 Å². The molecule has 55 heavy (non-hydrogen) atoms. The van der Waals surface area contributed by atoms with Gasteiger partial charge in [0.15, 0.2) is 0 Å². The molecule has 0 spiro atoms. The van der Waals surface area contributed by atoms with Crippen LogP contribution in [0.5, 0.6) is 0 Å². The Morgan fingerprint density at radius 1 is 0.564 bits per heavy atom. The summed E-state index contributed by atoms with van der Waals surface area (Å²) in [5.41, 5.74) is 16.1. The minimum Gasteiger partial charge on any atom is -0.455 e. The van der Waals surface area contributed by atoms with Crippen LogP contribution in [0.4, 0.5) is 11.4 Å². The molecule has 0 unspecified atom stereocenters. The highest BCUT2D eigenvalue weighted by Gasteiger charge is 2.44. The molecule has 0 saturated carbocycles. The van der Waals surface area contributed by atoms with Crippen molar-refractivity contribution in [2.45, 2.75) is 52.4 Å². The molecule has 5 heteroatoms. The lowest BCUT2D eigenvalue weighted by atomic mass is 9.43. The van der Waals surface area contributed by atoms with Gasteiger partial charge in [0.2, 0.25) is 0 Å². The normalized spacial score (nSPS) is 13.9. The van der Waals surface area contributed by atoms with Crippen molar-refractivity contribution in [2.75, 3.05) is 4.81 Å². The van der Waals surface area contributed by atoms with Gasteiger partial charge >= 0.3 is 6.85 Å². The molecule has 0 atom stereocenters. The molecule has 3 nitrogen and oxygen atoms in total. The molecule has 0 fully saturated rings. The SMILES string of the molecule is CC(C)(C)c1ccc(N2B3c4cc(C(C)(C)C)ccc4-n4c5ccc6c7ccccc7oc6c5c5ccc(c3c54)-c3cc4sc5ccccc5c4cc32)cc1. The van der Waals surface area contributed by atoms with Crippen LogP contribution in [-0.4, -0.2) is 11.4 Å². The second-order valence-corrected chi connectivity index (χ2v) is 18.8. The lowest BCUT2D eigenvalue weighted by Gasteiger charge is -2.42. The minimum atomic E-state index is -0.0469. The number of hydrogen-bond acceptors (Lipinski definition) is 3. The number of para-hydroxylation sites is 1. The molecule has 0 aliphatic carbocycles. The van der Waals surface area contributed by atoms with Gasteiger partial charge in [-0.15, -0.1) is 11.3 Å². The summed E-state index contributed by atoms with van der Waals surface area (Å²) in [5.74, 6) is 0. The average Bonchev–Trinajstić information content (AvgIpc) is 3.85. The van der Waals surface area contributed by atoms with Crippen LogP contribution >= 0.6 is 11.3 Å². The van der Waals surface area contributed by atoms with Gasteiger partial charge in [0.25, 0.3) is 0 Å². The number of nitrogens with zero attached hydrogens (tertiary/aromatic N) is 2. The predicted molar refractivity (Wildman–Crippen MR) is 237 cm³/mol.